The summed E-state index contributed by atoms with van der Waals surface area (Å²) < 4.78 is 10.7. The lowest BCUT2D eigenvalue weighted by Gasteiger charge is -2.36. The van der Waals surface area contributed by atoms with Crippen LogP contribution in [-0.2, 0) is 6.54 Å². The summed E-state index contributed by atoms with van der Waals surface area (Å²) in [5, 5.41) is 3.07. The number of hydrogen-bond acceptors (Lipinski definition) is 7. The first-order chi connectivity index (χ1) is 14.2. The van der Waals surface area contributed by atoms with Crippen LogP contribution in [-0.4, -0.2) is 54.1 Å². The zero-order valence-corrected chi connectivity index (χ0v) is 16.2. The van der Waals surface area contributed by atoms with Crippen LogP contribution in [0, 0.1) is 0 Å². The van der Waals surface area contributed by atoms with Crippen molar-refractivity contribution in [2.45, 2.75) is 6.54 Å². The number of nitrogens with one attached hydrogen (secondary N) is 1. The lowest BCUT2D eigenvalue weighted by molar-refractivity contribution is 0.0746. The molecule has 150 valence electrons. The fourth-order valence-electron chi connectivity index (χ4n) is 3.33. The van der Waals surface area contributed by atoms with Crippen molar-refractivity contribution in [1.29, 1.82) is 0 Å². The molecule has 0 radical (unpaired) electrons. The molecule has 0 bridgehead atoms. The van der Waals surface area contributed by atoms with Crippen LogP contribution in [0.15, 0.2) is 59.5 Å². The van der Waals surface area contributed by atoms with E-state index < -0.39 is 0 Å². The van der Waals surface area contributed by atoms with Gasteiger partial charge in [0, 0.05) is 38.6 Å². The molecule has 1 aromatic carbocycles. The predicted octanol–water partition coefficient (Wildman–Crippen LogP) is 2.65. The number of ether oxygens (including phenoxy) is 1. The van der Waals surface area contributed by atoms with Crippen LogP contribution >= 0.6 is 0 Å². The molecule has 1 aliphatic heterocycles. The number of para-hydroxylation sites is 2. The van der Waals surface area contributed by atoms with Gasteiger partial charge in [0.1, 0.15) is 11.5 Å². The number of anilines is 2. The molecular formula is C21H23N5O3. The van der Waals surface area contributed by atoms with Gasteiger partial charge in [0.05, 0.1) is 31.2 Å². The highest BCUT2D eigenvalue weighted by Gasteiger charge is 2.24. The van der Waals surface area contributed by atoms with Crippen molar-refractivity contribution in [3.63, 3.8) is 0 Å². The van der Waals surface area contributed by atoms with E-state index in [0.29, 0.717) is 31.1 Å². The predicted molar refractivity (Wildman–Crippen MR) is 109 cm³/mol. The van der Waals surface area contributed by atoms with E-state index in [-0.39, 0.29) is 5.91 Å². The smallest absolute Gasteiger partial charge is 0.257 e. The number of amides is 1. The van der Waals surface area contributed by atoms with Crippen LogP contribution in [0.25, 0.3) is 0 Å². The molecule has 2 aromatic heterocycles. The van der Waals surface area contributed by atoms with Gasteiger partial charge in [-0.25, -0.2) is 9.97 Å². The number of piperazine rings is 1. The second kappa shape index (κ2) is 8.64. The quantitative estimate of drug-likeness (QED) is 0.689. The Labute approximate surface area is 169 Å². The first kappa shape index (κ1) is 18.8. The summed E-state index contributed by atoms with van der Waals surface area (Å²) in [5.74, 6) is 2.04. The lowest BCUT2D eigenvalue weighted by atomic mass is 10.2. The minimum Gasteiger partial charge on any atom is -0.495 e. The Hall–Kier alpha value is -3.55. The molecule has 29 heavy (non-hydrogen) atoms. The third kappa shape index (κ3) is 4.31. The highest BCUT2D eigenvalue weighted by Crippen LogP contribution is 2.28. The second-order valence-corrected chi connectivity index (χ2v) is 6.68. The molecule has 0 unspecified atom stereocenters. The number of aromatic nitrogens is 2. The normalized spacial score (nSPS) is 14.0. The van der Waals surface area contributed by atoms with Crippen molar-refractivity contribution in [2.24, 2.45) is 0 Å². The fourth-order valence-corrected chi connectivity index (χ4v) is 3.33. The molecule has 3 aromatic rings. The van der Waals surface area contributed by atoms with Gasteiger partial charge in [0.25, 0.3) is 5.91 Å². The molecule has 1 N–H and O–H groups in total. The molecule has 1 aliphatic rings. The fraction of sp³-hybridized carbons (Fsp3) is 0.286. The topological polar surface area (TPSA) is 83.7 Å². The van der Waals surface area contributed by atoms with Gasteiger partial charge < -0.3 is 24.3 Å². The van der Waals surface area contributed by atoms with Crippen LogP contribution in [0.4, 0.5) is 11.6 Å². The standard InChI is InChI=1S/C21H23N5O3/c1-28-19-7-3-2-6-18(19)25-8-10-26(11-9-25)20(27)16-13-22-21(23-14-16)24-15-17-5-4-12-29-17/h2-7,12-14H,8-11,15H2,1H3,(H,22,23,24). The molecular weight excluding hydrogens is 370 g/mol. The molecule has 1 fully saturated rings. The zero-order valence-electron chi connectivity index (χ0n) is 16.2. The highest BCUT2D eigenvalue weighted by molar-refractivity contribution is 5.93. The molecule has 0 saturated carbocycles. The Bertz CT molecular complexity index is 935. The maximum absolute atomic E-state index is 12.8. The van der Waals surface area contributed by atoms with Gasteiger partial charge in [0.15, 0.2) is 0 Å². The van der Waals surface area contributed by atoms with Crippen molar-refractivity contribution < 1.29 is 13.9 Å². The zero-order chi connectivity index (χ0) is 20.1. The molecule has 0 aliphatic carbocycles. The van der Waals surface area contributed by atoms with Crippen molar-refractivity contribution >= 4 is 17.5 Å². The minimum absolute atomic E-state index is 0.0535. The molecule has 0 atom stereocenters. The van der Waals surface area contributed by atoms with Crippen molar-refractivity contribution in [1.82, 2.24) is 14.9 Å². The summed E-state index contributed by atoms with van der Waals surface area (Å²) in [6.07, 6.45) is 4.74. The number of rotatable bonds is 6. The number of nitrogens with zero attached hydrogens (tertiary/aromatic N) is 4. The van der Waals surface area contributed by atoms with E-state index in [1.165, 1.54) is 0 Å². The number of furan rings is 1. The molecule has 8 heteroatoms. The number of carbonyl (C=O) groups is 1. The molecule has 1 amide bonds. The Balaban J connectivity index is 1.33. The van der Waals surface area contributed by atoms with Crippen LogP contribution in [0.2, 0.25) is 0 Å². The second-order valence-electron chi connectivity index (χ2n) is 6.68. The summed E-state index contributed by atoms with van der Waals surface area (Å²) in [6, 6.07) is 11.6. The monoisotopic (exact) mass is 393 g/mol. The van der Waals surface area contributed by atoms with Crippen LogP contribution in [0.1, 0.15) is 16.1 Å². The summed E-state index contributed by atoms with van der Waals surface area (Å²) in [7, 11) is 1.67. The van der Waals surface area contributed by atoms with E-state index in [2.05, 4.69) is 20.2 Å². The van der Waals surface area contributed by atoms with Gasteiger partial charge in [-0.1, -0.05) is 12.1 Å². The SMILES string of the molecule is COc1ccccc1N1CCN(C(=O)c2cnc(NCc3ccco3)nc2)CC1. The summed E-state index contributed by atoms with van der Waals surface area (Å²) in [5.41, 5.74) is 1.54. The maximum Gasteiger partial charge on any atom is 0.257 e. The molecule has 1 saturated heterocycles. The average molecular weight is 393 g/mol. The van der Waals surface area contributed by atoms with Gasteiger partial charge >= 0.3 is 0 Å². The van der Waals surface area contributed by atoms with E-state index in [9.17, 15) is 4.79 Å². The molecule has 3 heterocycles. The number of carbonyl (C=O) groups excluding carboxylic acids is 1. The first-order valence-electron chi connectivity index (χ1n) is 9.50. The van der Waals surface area contributed by atoms with E-state index in [0.717, 1.165) is 30.3 Å². The Kier molecular flexibility index (Phi) is 5.60. The molecule has 0 spiro atoms. The van der Waals surface area contributed by atoms with E-state index in [1.807, 2.05) is 41.3 Å². The first-order valence-corrected chi connectivity index (χ1v) is 9.50. The maximum atomic E-state index is 12.8. The number of methoxy groups -OCH3 is 1. The molecule has 8 nitrogen and oxygen atoms in total. The largest absolute Gasteiger partial charge is 0.495 e. The van der Waals surface area contributed by atoms with Crippen molar-refractivity contribution in [2.75, 3.05) is 43.5 Å². The van der Waals surface area contributed by atoms with E-state index in [4.69, 9.17) is 9.15 Å². The van der Waals surface area contributed by atoms with Crippen LogP contribution < -0.4 is 15.0 Å². The van der Waals surface area contributed by atoms with Gasteiger partial charge in [-0.15, -0.1) is 0 Å². The summed E-state index contributed by atoms with van der Waals surface area (Å²) in [4.78, 5) is 25.3. The van der Waals surface area contributed by atoms with E-state index in [1.54, 1.807) is 25.8 Å². The van der Waals surface area contributed by atoms with Gasteiger partial charge in [0.2, 0.25) is 5.95 Å². The van der Waals surface area contributed by atoms with Gasteiger partial charge in [-0.2, -0.15) is 0 Å². The third-order valence-electron chi connectivity index (χ3n) is 4.89. The average Bonchev–Trinajstić information content (AvgIpc) is 3.31. The third-order valence-corrected chi connectivity index (χ3v) is 4.89. The highest BCUT2D eigenvalue weighted by atomic mass is 16.5. The number of hydrogen-bond donors (Lipinski definition) is 1. The minimum atomic E-state index is -0.0535. The molecule has 4 rings (SSSR count). The van der Waals surface area contributed by atoms with Crippen LogP contribution in [0.5, 0.6) is 5.75 Å². The van der Waals surface area contributed by atoms with Crippen LogP contribution in [0.3, 0.4) is 0 Å². The van der Waals surface area contributed by atoms with Gasteiger partial charge in [-0.3, -0.25) is 4.79 Å². The van der Waals surface area contributed by atoms with Crippen molar-refractivity contribution in [3.8, 4) is 5.75 Å². The van der Waals surface area contributed by atoms with E-state index >= 15 is 0 Å². The summed E-state index contributed by atoms with van der Waals surface area (Å²) >= 11 is 0. The Morgan fingerprint density at radius 3 is 2.55 bits per heavy atom. The lowest BCUT2D eigenvalue weighted by Crippen LogP contribution is -2.48. The number of benzene rings is 1. The van der Waals surface area contributed by atoms with Gasteiger partial charge in [-0.05, 0) is 24.3 Å². The Morgan fingerprint density at radius 2 is 1.86 bits per heavy atom. The van der Waals surface area contributed by atoms with Crippen molar-refractivity contribution in [3.05, 3.63) is 66.4 Å². The Morgan fingerprint density at radius 1 is 1.10 bits per heavy atom. The summed E-state index contributed by atoms with van der Waals surface area (Å²) in [6.45, 7) is 3.25.